The van der Waals surface area contributed by atoms with E-state index in [-0.39, 0.29) is 34.6 Å². The van der Waals surface area contributed by atoms with Crippen LogP contribution in [0.1, 0.15) is 0 Å². The molecule has 7 nitrogen and oxygen atoms in total. The van der Waals surface area contributed by atoms with E-state index in [1.807, 2.05) is 0 Å². The molecule has 9 heteroatoms. The third kappa shape index (κ3) is 2.98. The number of morpholine rings is 1. The monoisotopic (exact) mass is 396 g/mol. The zero-order valence-electron chi connectivity index (χ0n) is 10.1. The maximum Gasteiger partial charge on any atom is 0.334 e. The van der Waals surface area contributed by atoms with Crippen LogP contribution in [-0.2, 0) is 9.53 Å². The van der Waals surface area contributed by atoms with Crippen LogP contribution in [0.3, 0.4) is 0 Å². The average molecular weight is 396 g/mol. The Hall–Kier alpha value is -1.49. The molecule has 1 N–H and O–H groups in total. The highest BCUT2D eigenvalue weighted by Gasteiger charge is 2.30. The van der Waals surface area contributed by atoms with Gasteiger partial charge in [-0.3, -0.25) is 10.1 Å². The van der Waals surface area contributed by atoms with Crippen molar-refractivity contribution in [2.75, 3.05) is 24.6 Å². The van der Waals surface area contributed by atoms with Crippen molar-refractivity contribution in [3.8, 4) is 0 Å². The van der Waals surface area contributed by atoms with Crippen molar-refractivity contribution in [2.24, 2.45) is 0 Å². The van der Waals surface area contributed by atoms with Gasteiger partial charge in [-0.25, -0.2) is 9.18 Å². The topological polar surface area (TPSA) is 92.9 Å². The fraction of sp³-hybridized carbons (Fsp3) is 0.364. The van der Waals surface area contributed by atoms with Crippen LogP contribution in [0.5, 0.6) is 0 Å². The second kappa shape index (κ2) is 5.87. The molecule has 0 aliphatic carbocycles. The number of anilines is 1. The Morgan fingerprint density at radius 1 is 1.60 bits per heavy atom. The number of carbonyl (C=O) groups is 1. The van der Waals surface area contributed by atoms with Crippen LogP contribution in [0.4, 0.5) is 15.8 Å². The van der Waals surface area contributed by atoms with Crippen molar-refractivity contribution < 1.29 is 24.0 Å². The van der Waals surface area contributed by atoms with Gasteiger partial charge < -0.3 is 14.7 Å². The minimum absolute atomic E-state index is 0.0593. The lowest BCUT2D eigenvalue weighted by molar-refractivity contribution is -0.384. The summed E-state index contributed by atoms with van der Waals surface area (Å²) < 4.78 is 18.8. The third-order valence-corrected chi connectivity index (χ3v) is 3.72. The SMILES string of the molecule is O=C(O)C1CN(c2cc(F)c(I)cc2[N+](=O)[O-])CCO1. The molecule has 1 aliphatic rings. The molecule has 20 heavy (non-hydrogen) atoms. The molecule has 0 bridgehead atoms. The molecule has 0 aromatic heterocycles. The largest absolute Gasteiger partial charge is 0.479 e. The number of nitrogens with zero attached hydrogens (tertiary/aromatic N) is 2. The third-order valence-electron chi connectivity index (χ3n) is 2.90. The summed E-state index contributed by atoms with van der Waals surface area (Å²) in [7, 11) is 0. The summed E-state index contributed by atoms with van der Waals surface area (Å²) in [5, 5.41) is 20.0. The molecule has 0 saturated carbocycles. The number of hydrogen-bond donors (Lipinski definition) is 1. The first-order valence-corrected chi connectivity index (χ1v) is 6.71. The highest BCUT2D eigenvalue weighted by molar-refractivity contribution is 14.1. The van der Waals surface area contributed by atoms with Gasteiger partial charge in [0, 0.05) is 18.7 Å². The van der Waals surface area contributed by atoms with Gasteiger partial charge in [0.1, 0.15) is 11.5 Å². The molecule has 2 rings (SSSR count). The van der Waals surface area contributed by atoms with Gasteiger partial charge in [0.2, 0.25) is 0 Å². The van der Waals surface area contributed by atoms with Crippen LogP contribution in [0.15, 0.2) is 12.1 Å². The van der Waals surface area contributed by atoms with Gasteiger partial charge in [0.25, 0.3) is 5.69 Å². The first-order chi connectivity index (χ1) is 9.40. The molecule has 0 amide bonds. The smallest absolute Gasteiger partial charge is 0.334 e. The van der Waals surface area contributed by atoms with Crippen LogP contribution < -0.4 is 4.90 Å². The molecule has 0 spiro atoms. The van der Waals surface area contributed by atoms with Crippen LogP contribution in [-0.4, -0.2) is 41.8 Å². The van der Waals surface area contributed by atoms with Crippen molar-refractivity contribution in [1.29, 1.82) is 0 Å². The van der Waals surface area contributed by atoms with Crippen molar-refractivity contribution >= 4 is 39.9 Å². The number of nitro benzene ring substituents is 1. The maximum absolute atomic E-state index is 13.6. The molecule has 1 aromatic rings. The minimum Gasteiger partial charge on any atom is -0.479 e. The lowest BCUT2D eigenvalue weighted by Crippen LogP contribution is -2.46. The normalized spacial score (nSPS) is 18.9. The fourth-order valence-electron chi connectivity index (χ4n) is 1.94. The number of rotatable bonds is 3. The standard InChI is InChI=1S/C11H10FIN2O5/c12-6-3-8(9(15(18)19)4-7(6)13)14-1-2-20-10(5-14)11(16)17/h3-4,10H,1-2,5H2,(H,16,17). The Morgan fingerprint density at radius 2 is 2.30 bits per heavy atom. The summed E-state index contributed by atoms with van der Waals surface area (Å²) in [4.78, 5) is 22.8. The van der Waals surface area contributed by atoms with Crippen LogP contribution in [0.25, 0.3) is 0 Å². The maximum atomic E-state index is 13.6. The lowest BCUT2D eigenvalue weighted by Gasteiger charge is -2.32. The Balaban J connectivity index is 2.38. The first-order valence-electron chi connectivity index (χ1n) is 5.63. The zero-order chi connectivity index (χ0) is 14.9. The number of aliphatic carboxylic acids is 1. The van der Waals surface area contributed by atoms with Gasteiger partial charge >= 0.3 is 5.97 Å². The number of nitro groups is 1. The van der Waals surface area contributed by atoms with Gasteiger partial charge in [0.15, 0.2) is 6.10 Å². The molecule has 0 radical (unpaired) electrons. The van der Waals surface area contributed by atoms with Crippen molar-refractivity contribution in [2.45, 2.75) is 6.10 Å². The Morgan fingerprint density at radius 3 is 2.90 bits per heavy atom. The summed E-state index contributed by atoms with van der Waals surface area (Å²) in [5.74, 6) is -1.73. The van der Waals surface area contributed by atoms with E-state index in [1.54, 1.807) is 22.6 Å². The van der Waals surface area contributed by atoms with E-state index in [0.29, 0.717) is 0 Å². The molecule has 1 heterocycles. The summed E-state index contributed by atoms with van der Waals surface area (Å²) >= 11 is 1.67. The quantitative estimate of drug-likeness (QED) is 0.475. The Bertz CT molecular complexity index is 568. The number of carboxylic acids is 1. The van der Waals surface area contributed by atoms with Gasteiger partial charge in [-0.1, -0.05) is 0 Å². The molecular weight excluding hydrogens is 386 g/mol. The molecule has 1 aliphatic heterocycles. The summed E-state index contributed by atoms with van der Waals surface area (Å²) in [6, 6.07) is 2.20. The van der Waals surface area contributed by atoms with Crippen molar-refractivity contribution in [3.63, 3.8) is 0 Å². The van der Waals surface area contributed by atoms with Gasteiger partial charge in [-0.05, 0) is 22.6 Å². The van der Waals surface area contributed by atoms with E-state index in [2.05, 4.69) is 0 Å². The fourth-order valence-corrected chi connectivity index (χ4v) is 2.39. The Labute approximate surface area is 126 Å². The molecule has 1 atom stereocenters. The molecule has 1 fully saturated rings. The summed E-state index contributed by atoms with van der Waals surface area (Å²) in [6.45, 7) is 0.322. The van der Waals surface area contributed by atoms with E-state index in [1.165, 1.54) is 4.90 Å². The number of halogens is 2. The number of hydrogen-bond acceptors (Lipinski definition) is 5. The second-order valence-electron chi connectivity index (χ2n) is 4.16. The van der Waals surface area contributed by atoms with Crippen LogP contribution in [0, 0.1) is 19.5 Å². The number of benzene rings is 1. The van der Waals surface area contributed by atoms with Crippen LogP contribution in [0.2, 0.25) is 0 Å². The van der Waals surface area contributed by atoms with E-state index in [0.717, 1.165) is 12.1 Å². The second-order valence-corrected chi connectivity index (χ2v) is 5.32. The van der Waals surface area contributed by atoms with E-state index in [9.17, 15) is 19.3 Å². The molecule has 108 valence electrons. The first kappa shape index (κ1) is 14.9. The highest BCUT2D eigenvalue weighted by atomic mass is 127. The predicted molar refractivity (Wildman–Crippen MR) is 75.4 cm³/mol. The molecule has 1 aromatic carbocycles. The predicted octanol–water partition coefficient (Wildman–Crippen LogP) is 1.63. The summed E-state index contributed by atoms with van der Waals surface area (Å²) in [6.07, 6.45) is -1.08. The highest BCUT2D eigenvalue weighted by Crippen LogP contribution is 2.32. The zero-order valence-corrected chi connectivity index (χ0v) is 12.2. The lowest BCUT2D eigenvalue weighted by atomic mass is 10.2. The average Bonchev–Trinajstić information content (AvgIpc) is 2.41. The van der Waals surface area contributed by atoms with Gasteiger partial charge in [-0.15, -0.1) is 0 Å². The number of ether oxygens (including phenoxy) is 1. The molecular formula is C11H10FIN2O5. The van der Waals surface area contributed by atoms with Crippen molar-refractivity contribution in [3.05, 3.63) is 31.6 Å². The van der Waals surface area contributed by atoms with Crippen molar-refractivity contribution in [1.82, 2.24) is 0 Å². The van der Waals surface area contributed by atoms with E-state index in [4.69, 9.17) is 9.84 Å². The number of carboxylic acid groups (broad SMARTS) is 1. The van der Waals surface area contributed by atoms with E-state index >= 15 is 0 Å². The van der Waals surface area contributed by atoms with Gasteiger partial charge in [-0.2, -0.15) is 0 Å². The minimum atomic E-state index is -1.15. The molecule has 1 saturated heterocycles. The van der Waals surface area contributed by atoms with Gasteiger partial charge in [0.05, 0.1) is 21.6 Å². The van der Waals surface area contributed by atoms with Crippen LogP contribution >= 0.6 is 22.6 Å². The molecule has 1 unspecified atom stereocenters. The Kier molecular flexibility index (Phi) is 4.38. The van der Waals surface area contributed by atoms with E-state index < -0.39 is 22.8 Å². The summed E-state index contributed by atoms with van der Waals surface area (Å²) in [5.41, 5.74) is -0.177.